The maximum atomic E-state index is 14.2. The molecule has 0 saturated carbocycles. The van der Waals surface area contributed by atoms with Gasteiger partial charge in [-0.05, 0) is 89.5 Å². The number of anilines is 4. The van der Waals surface area contributed by atoms with Crippen molar-refractivity contribution in [3.05, 3.63) is 65.1 Å². The summed E-state index contributed by atoms with van der Waals surface area (Å²) < 4.78 is 0. The van der Waals surface area contributed by atoms with Gasteiger partial charge in [-0.2, -0.15) is 4.98 Å². The molecule has 3 N–H and O–H groups in total. The molecule has 58 heavy (non-hydrogen) atoms. The van der Waals surface area contributed by atoms with Gasteiger partial charge in [0.15, 0.2) is 11.6 Å². The number of nitrogens with zero attached hydrogens (tertiary/aromatic N) is 6. The van der Waals surface area contributed by atoms with Crippen LogP contribution in [0.25, 0.3) is 0 Å². The molecule has 0 bridgehead atoms. The number of hydrogen-bond donors (Lipinski definition) is 3. The Morgan fingerprint density at radius 1 is 0.983 bits per heavy atom. The van der Waals surface area contributed by atoms with Crippen LogP contribution in [0.1, 0.15) is 101 Å². The van der Waals surface area contributed by atoms with Crippen LogP contribution in [0.4, 0.5) is 27.9 Å². The summed E-state index contributed by atoms with van der Waals surface area (Å²) in [6.07, 6.45) is 4.72. The Morgan fingerprint density at radius 2 is 1.71 bits per heavy atom. The Labute approximate surface area is 340 Å². The van der Waals surface area contributed by atoms with Crippen molar-refractivity contribution in [2.24, 2.45) is 17.8 Å². The van der Waals surface area contributed by atoms with Gasteiger partial charge in [-0.15, -0.1) is 0 Å². The summed E-state index contributed by atoms with van der Waals surface area (Å²) in [5, 5.41) is 8.72. The zero-order valence-corrected chi connectivity index (χ0v) is 35.3. The molecule has 1 fully saturated rings. The lowest BCUT2D eigenvalue weighted by atomic mass is 9.87. The number of carbonyl (C=O) groups excluding carboxylic acids is 6. The number of amides is 5. The first-order valence-corrected chi connectivity index (χ1v) is 20.0. The van der Waals surface area contributed by atoms with E-state index < -0.39 is 35.4 Å². The quantitative estimate of drug-likeness (QED) is 0.162. The lowest BCUT2D eigenvalue weighted by molar-refractivity contribution is -0.144. The minimum absolute atomic E-state index is 0.100. The van der Waals surface area contributed by atoms with Gasteiger partial charge in [0.05, 0.1) is 24.5 Å². The fraction of sp³-hybridized carbons (Fsp3) is 0.512. The van der Waals surface area contributed by atoms with E-state index >= 15 is 0 Å². The number of pyridine rings is 1. The maximum absolute atomic E-state index is 14.2. The molecule has 0 aliphatic carbocycles. The molecule has 310 valence electrons. The van der Waals surface area contributed by atoms with Gasteiger partial charge in [-0.1, -0.05) is 39.8 Å². The molecule has 15 nitrogen and oxygen atoms in total. The van der Waals surface area contributed by atoms with E-state index in [1.165, 1.54) is 16.7 Å². The highest BCUT2D eigenvalue weighted by molar-refractivity contribution is 6.07. The standard InChI is InChI=1S/C43H57N9O6/c1-24(2)18-33(28(7)53)47-40(57)43(8,9)49-38(55)34-12-11-17-51(34)39(56)32(25(3)4)20-36(54)29-15-13-26(5)35(19-29)52-23-30-21-45-41(48-37(30)50(10)42(52)58)46-31-16-14-27(6)44-22-31/h13-16,19,21-22,24-25,32-34H,11-12,17-18,20,23H2,1-10H3,(H,47,57)(H,49,55)(H,45,46,48)/t32-,33-,34-/m1/s1. The molecule has 2 aliphatic heterocycles. The first-order chi connectivity index (χ1) is 27.3. The van der Waals surface area contributed by atoms with Crippen LogP contribution in [-0.4, -0.2) is 86.4 Å². The van der Waals surface area contributed by atoms with Gasteiger partial charge in [-0.25, -0.2) is 9.78 Å². The van der Waals surface area contributed by atoms with Crippen molar-refractivity contribution < 1.29 is 28.8 Å². The van der Waals surface area contributed by atoms with Gasteiger partial charge >= 0.3 is 6.03 Å². The van der Waals surface area contributed by atoms with Gasteiger partial charge in [0.2, 0.25) is 23.7 Å². The normalized spacial score (nSPS) is 16.6. The number of likely N-dealkylation sites (tertiary alicyclic amines) is 1. The number of nitrogens with one attached hydrogen (secondary N) is 3. The van der Waals surface area contributed by atoms with Crippen LogP contribution in [0.15, 0.2) is 42.7 Å². The monoisotopic (exact) mass is 795 g/mol. The zero-order chi connectivity index (χ0) is 42.6. The molecule has 2 aromatic heterocycles. The molecule has 15 heteroatoms. The minimum atomic E-state index is -1.35. The number of Topliss-reactive ketones (excluding diaryl/α,β-unsaturated/α-hetero) is 2. The van der Waals surface area contributed by atoms with Gasteiger partial charge < -0.3 is 20.9 Å². The molecule has 1 aromatic carbocycles. The molecule has 3 aromatic rings. The molecular weight excluding hydrogens is 739 g/mol. The van der Waals surface area contributed by atoms with E-state index in [1.54, 1.807) is 56.4 Å². The number of aryl methyl sites for hydroxylation is 2. The topological polar surface area (TPSA) is 187 Å². The van der Waals surface area contributed by atoms with E-state index in [4.69, 9.17) is 0 Å². The van der Waals surface area contributed by atoms with Crippen LogP contribution in [0, 0.1) is 31.6 Å². The van der Waals surface area contributed by atoms with E-state index in [-0.39, 0.29) is 48.3 Å². The van der Waals surface area contributed by atoms with Crippen molar-refractivity contribution in [2.45, 2.75) is 112 Å². The zero-order valence-electron chi connectivity index (χ0n) is 35.3. The molecule has 3 atom stereocenters. The molecule has 5 amide bonds. The summed E-state index contributed by atoms with van der Waals surface area (Å²) in [6, 6.07) is 7.10. The van der Waals surface area contributed by atoms with Gasteiger partial charge in [0.25, 0.3) is 0 Å². The van der Waals surface area contributed by atoms with Crippen LogP contribution in [0.2, 0.25) is 0 Å². The molecule has 0 radical (unpaired) electrons. The van der Waals surface area contributed by atoms with Crippen molar-refractivity contribution in [3.63, 3.8) is 0 Å². The van der Waals surface area contributed by atoms with E-state index in [1.807, 2.05) is 53.7 Å². The molecule has 0 unspecified atom stereocenters. The Bertz CT molecular complexity index is 2070. The first-order valence-electron chi connectivity index (χ1n) is 20.0. The first kappa shape index (κ1) is 43.4. The third kappa shape index (κ3) is 9.86. The van der Waals surface area contributed by atoms with E-state index in [0.717, 1.165) is 16.8 Å². The lowest BCUT2D eigenvalue weighted by Crippen LogP contribution is -2.61. The highest BCUT2D eigenvalue weighted by Crippen LogP contribution is 2.34. The Balaban J connectivity index is 1.28. The average molecular weight is 796 g/mol. The smallest absolute Gasteiger partial charge is 0.330 e. The summed E-state index contributed by atoms with van der Waals surface area (Å²) in [5.74, 6) is -1.69. The van der Waals surface area contributed by atoms with Crippen molar-refractivity contribution in [3.8, 4) is 0 Å². The molecule has 4 heterocycles. The van der Waals surface area contributed by atoms with E-state index in [0.29, 0.717) is 54.5 Å². The second-order valence-corrected chi connectivity index (χ2v) is 16.8. The number of rotatable bonds is 15. The third-order valence-electron chi connectivity index (χ3n) is 10.9. The maximum Gasteiger partial charge on any atom is 0.330 e. The second-order valence-electron chi connectivity index (χ2n) is 16.8. The highest BCUT2D eigenvalue weighted by Gasteiger charge is 2.42. The van der Waals surface area contributed by atoms with Gasteiger partial charge in [0.1, 0.15) is 17.4 Å². The number of urea groups is 1. The fourth-order valence-electron chi connectivity index (χ4n) is 7.33. The summed E-state index contributed by atoms with van der Waals surface area (Å²) in [6.45, 7) is 16.5. The summed E-state index contributed by atoms with van der Waals surface area (Å²) >= 11 is 0. The van der Waals surface area contributed by atoms with Crippen LogP contribution in [-0.2, 0) is 25.7 Å². The number of aromatic nitrogens is 3. The lowest BCUT2D eigenvalue weighted by Gasteiger charge is -2.35. The molecule has 1 saturated heterocycles. The largest absolute Gasteiger partial charge is 0.344 e. The number of ketones is 2. The molecule has 5 rings (SSSR count). The molecular formula is C43H57N9O6. The number of benzene rings is 1. The third-order valence-corrected chi connectivity index (χ3v) is 10.9. The number of hydrogen-bond acceptors (Lipinski definition) is 10. The van der Waals surface area contributed by atoms with Crippen LogP contribution in [0.5, 0.6) is 0 Å². The van der Waals surface area contributed by atoms with Gasteiger partial charge in [0, 0.05) is 54.6 Å². The summed E-state index contributed by atoms with van der Waals surface area (Å²) in [4.78, 5) is 99.1. The second kappa shape index (κ2) is 17.8. The van der Waals surface area contributed by atoms with Crippen LogP contribution < -0.4 is 25.8 Å². The molecule has 0 spiro atoms. The van der Waals surface area contributed by atoms with E-state index in [2.05, 4.69) is 30.9 Å². The van der Waals surface area contributed by atoms with E-state index in [9.17, 15) is 28.8 Å². The van der Waals surface area contributed by atoms with Crippen LogP contribution in [0.3, 0.4) is 0 Å². The number of fused-ring (bicyclic) bond motifs is 1. The Hall–Kier alpha value is -5.73. The average Bonchev–Trinajstić information content (AvgIpc) is 3.66. The SMILES string of the molecule is CC(=O)[C@@H](CC(C)C)NC(=O)C(C)(C)NC(=O)[C@H]1CCCN1C(=O)[C@H](CC(=O)c1ccc(C)c(N2Cc3cnc(Nc4ccc(C)nc4)nc3N(C)C2=O)c1)C(C)C. The van der Waals surface area contributed by atoms with Crippen molar-refractivity contribution in [1.82, 2.24) is 30.5 Å². The predicted molar refractivity (Wildman–Crippen MR) is 222 cm³/mol. The van der Waals surface area contributed by atoms with Crippen LogP contribution >= 0.6 is 0 Å². The Morgan fingerprint density at radius 3 is 2.34 bits per heavy atom. The van der Waals surface area contributed by atoms with Crippen molar-refractivity contribution in [1.29, 1.82) is 0 Å². The fourth-order valence-corrected chi connectivity index (χ4v) is 7.33. The van der Waals surface area contributed by atoms with Crippen molar-refractivity contribution >= 4 is 58.5 Å². The Kier molecular flexibility index (Phi) is 13.3. The predicted octanol–water partition coefficient (Wildman–Crippen LogP) is 5.66. The summed E-state index contributed by atoms with van der Waals surface area (Å²) in [5.41, 5.74) is 2.64. The molecule has 2 aliphatic rings. The summed E-state index contributed by atoms with van der Waals surface area (Å²) in [7, 11) is 1.64. The number of carbonyl (C=O) groups is 6. The highest BCUT2D eigenvalue weighted by atomic mass is 16.2. The van der Waals surface area contributed by atoms with Gasteiger partial charge in [-0.3, -0.25) is 38.8 Å². The van der Waals surface area contributed by atoms with Crippen molar-refractivity contribution in [2.75, 3.05) is 28.7 Å². The minimum Gasteiger partial charge on any atom is -0.344 e.